The summed E-state index contributed by atoms with van der Waals surface area (Å²) in [7, 11) is 0. The van der Waals surface area contributed by atoms with Crippen LogP contribution in [0.5, 0.6) is 0 Å². The highest BCUT2D eigenvalue weighted by molar-refractivity contribution is 5.99. The number of benzene rings is 2. The molecule has 0 saturated carbocycles. The van der Waals surface area contributed by atoms with Gasteiger partial charge in [-0.2, -0.15) is 0 Å². The van der Waals surface area contributed by atoms with Crippen LogP contribution in [0.25, 0.3) is 0 Å². The minimum atomic E-state index is -0.397. The smallest absolute Gasteiger partial charge is 0.324 e. The summed E-state index contributed by atoms with van der Waals surface area (Å²) in [5.74, 6) is 0.867. The SMILES string of the molecule is CC(=O)c1ccc(Nc2ccc(NC(=O)Nc3ccccc3)nn2)cc1. The second kappa shape index (κ2) is 7.89. The molecule has 0 atom stereocenters. The fraction of sp³-hybridized carbons (Fsp3) is 0.0526. The third-order valence-corrected chi connectivity index (χ3v) is 3.50. The lowest BCUT2D eigenvalue weighted by atomic mass is 10.1. The molecule has 0 fully saturated rings. The molecule has 0 radical (unpaired) electrons. The van der Waals surface area contributed by atoms with Crippen molar-refractivity contribution in [2.24, 2.45) is 0 Å². The number of nitrogens with one attached hydrogen (secondary N) is 3. The first-order valence-electron chi connectivity index (χ1n) is 7.95. The highest BCUT2D eigenvalue weighted by Gasteiger charge is 2.05. The molecular formula is C19H17N5O2. The molecule has 3 rings (SSSR count). The maximum absolute atomic E-state index is 11.9. The van der Waals surface area contributed by atoms with E-state index in [1.807, 2.05) is 18.2 Å². The first kappa shape index (κ1) is 17.1. The van der Waals surface area contributed by atoms with Crippen molar-refractivity contribution in [2.45, 2.75) is 6.92 Å². The van der Waals surface area contributed by atoms with Gasteiger partial charge >= 0.3 is 6.03 Å². The minimum absolute atomic E-state index is 0.0144. The van der Waals surface area contributed by atoms with Crippen LogP contribution in [0.4, 0.5) is 27.8 Å². The Kier molecular flexibility index (Phi) is 5.19. The summed E-state index contributed by atoms with van der Waals surface area (Å²) < 4.78 is 0. The molecule has 1 heterocycles. The summed E-state index contributed by atoms with van der Waals surface area (Å²) in [6, 6.07) is 19.1. The van der Waals surface area contributed by atoms with Crippen LogP contribution in [-0.2, 0) is 0 Å². The summed E-state index contributed by atoms with van der Waals surface area (Å²) >= 11 is 0. The standard InChI is InChI=1S/C19H17N5O2/c1-13(25)14-7-9-16(10-8-14)20-17-11-12-18(24-23-17)22-19(26)21-15-5-3-2-4-6-15/h2-12H,1H3,(H,20,23)(H2,21,22,24,26). The molecule has 0 saturated heterocycles. The lowest BCUT2D eigenvalue weighted by molar-refractivity contribution is 0.101. The topological polar surface area (TPSA) is 96.0 Å². The van der Waals surface area contributed by atoms with Crippen molar-refractivity contribution >= 4 is 34.8 Å². The molecule has 0 bridgehead atoms. The molecule has 0 spiro atoms. The number of aromatic nitrogens is 2. The van der Waals surface area contributed by atoms with E-state index >= 15 is 0 Å². The Labute approximate surface area is 150 Å². The van der Waals surface area contributed by atoms with E-state index in [9.17, 15) is 9.59 Å². The van der Waals surface area contributed by atoms with Crippen LogP contribution >= 0.6 is 0 Å². The summed E-state index contributed by atoms with van der Waals surface area (Å²) in [6.07, 6.45) is 0. The Hall–Kier alpha value is -3.74. The van der Waals surface area contributed by atoms with Crippen molar-refractivity contribution in [1.82, 2.24) is 10.2 Å². The molecule has 7 heteroatoms. The molecule has 0 aliphatic carbocycles. The van der Waals surface area contributed by atoms with Gasteiger partial charge < -0.3 is 10.6 Å². The molecule has 0 aliphatic heterocycles. The second-order valence-corrected chi connectivity index (χ2v) is 5.51. The van der Waals surface area contributed by atoms with Gasteiger partial charge in [-0.3, -0.25) is 10.1 Å². The van der Waals surface area contributed by atoms with Gasteiger partial charge in [0, 0.05) is 16.9 Å². The Bertz CT molecular complexity index is 893. The van der Waals surface area contributed by atoms with Gasteiger partial charge in [0.15, 0.2) is 17.4 Å². The van der Waals surface area contributed by atoms with Gasteiger partial charge in [0.1, 0.15) is 0 Å². The number of anilines is 4. The summed E-state index contributed by atoms with van der Waals surface area (Å²) in [5, 5.41) is 16.4. The van der Waals surface area contributed by atoms with Gasteiger partial charge in [-0.25, -0.2) is 4.79 Å². The fourth-order valence-electron chi connectivity index (χ4n) is 2.20. The maximum Gasteiger partial charge on any atom is 0.324 e. The van der Waals surface area contributed by atoms with Crippen LogP contribution in [0.2, 0.25) is 0 Å². The van der Waals surface area contributed by atoms with E-state index in [1.165, 1.54) is 6.92 Å². The van der Waals surface area contributed by atoms with Crippen LogP contribution in [-0.4, -0.2) is 22.0 Å². The molecule has 0 aliphatic rings. The molecule has 7 nitrogen and oxygen atoms in total. The number of carbonyl (C=O) groups excluding carboxylic acids is 2. The van der Waals surface area contributed by atoms with Crippen LogP contribution in [0.3, 0.4) is 0 Å². The molecule has 2 aromatic carbocycles. The van der Waals surface area contributed by atoms with E-state index < -0.39 is 6.03 Å². The van der Waals surface area contributed by atoms with Gasteiger partial charge in [-0.15, -0.1) is 10.2 Å². The Balaban J connectivity index is 1.57. The Morgan fingerprint density at radius 2 is 1.38 bits per heavy atom. The van der Waals surface area contributed by atoms with Crippen molar-refractivity contribution in [2.75, 3.05) is 16.0 Å². The summed E-state index contributed by atoms with van der Waals surface area (Å²) in [6.45, 7) is 1.52. The number of para-hydroxylation sites is 1. The zero-order valence-electron chi connectivity index (χ0n) is 14.1. The highest BCUT2D eigenvalue weighted by Crippen LogP contribution is 2.16. The zero-order chi connectivity index (χ0) is 18.4. The van der Waals surface area contributed by atoms with Crippen LogP contribution < -0.4 is 16.0 Å². The van der Waals surface area contributed by atoms with Gasteiger partial charge in [-0.1, -0.05) is 18.2 Å². The Morgan fingerprint density at radius 3 is 2.00 bits per heavy atom. The van der Waals surface area contributed by atoms with E-state index in [1.54, 1.807) is 48.5 Å². The lowest BCUT2D eigenvalue weighted by Crippen LogP contribution is -2.20. The molecule has 1 aromatic heterocycles. The predicted molar refractivity (Wildman–Crippen MR) is 101 cm³/mol. The molecule has 0 unspecified atom stereocenters. The number of amides is 2. The van der Waals surface area contributed by atoms with Crippen molar-refractivity contribution in [3.05, 3.63) is 72.3 Å². The Morgan fingerprint density at radius 1 is 0.731 bits per heavy atom. The highest BCUT2D eigenvalue weighted by atomic mass is 16.2. The van der Waals surface area contributed by atoms with Gasteiger partial charge in [0.25, 0.3) is 0 Å². The molecular weight excluding hydrogens is 330 g/mol. The number of hydrogen-bond donors (Lipinski definition) is 3. The van der Waals surface area contributed by atoms with Crippen molar-refractivity contribution in [3.63, 3.8) is 0 Å². The molecule has 130 valence electrons. The molecule has 3 N–H and O–H groups in total. The van der Waals surface area contributed by atoms with E-state index in [-0.39, 0.29) is 5.78 Å². The average Bonchev–Trinajstić information content (AvgIpc) is 2.64. The van der Waals surface area contributed by atoms with Crippen molar-refractivity contribution in [1.29, 1.82) is 0 Å². The number of ketones is 1. The third-order valence-electron chi connectivity index (χ3n) is 3.50. The molecule has 26 heavy (non-hydrogen) atoms. The van der Waals surface area contributed by atoms with Crippen molar-refractivity contribution < 1.29 is 9.59 Å². The fourth-order valence-corrected chi connectivity index (χ4v) is 2.20. The van der Waals surface area contributed by atoms with Gasteiger partial charge in [0.05, 0.1) is 0 Å². The van der Waals surface area contributed by atoms with E-state index in [2.05, 4.69) is 26.1 Å². The van der Waals surface area contributed by atoms with Crippen LogP contribution in [0, 0.1) is 0 Å². The molecule has 3 aromatic rings. The van der Waals surface area contributed by atoms with E-state index in [0.29, 0.717) is 22.9 Å². The normalized spacial score (nSPS) is 10.0. The number of Topliss-reactive ketones (excluding diaryl/α,β-unsaturated/α-hetero) is 1. The first-order chi connectivity index (χ1) is 12.6. The van der Waals surface area contributed by atoms with Crippen LogP contribution in [0.1, 0.15) is 17.3 Å². The van der Waals surface area contributed by atoms with Crippen molar-refractivity contribution in [3.8, 4) is 0 Å². The molecule has 2 amide bonds. The monoisotopic (exact) mass is 347 g/mol. The maximum atomic E-state index is 11.9. The number of rotatable bonds is 5. The lowest BCUT2D eigenvalue weighted by Gasteiger charge is -2.08. The third kappa shape index (κ3) is 4.64. The van der Waals surface area contributed by atoms with Gasteiger partial charge in [-0.05, 0) is 55.5 Å². The quantitative estimate of drug-likeness (QED) is 0.605. The number of urea groups is 1. The van der Waals surface area contributed by atoms with Gasteiger partial charge in [0.2, 0.25) is 0 Å². The zero-order valence-corrected chi connectivity index (χ0v) is 14.1. The predicted octanol–water partition coefficient (Wildman–Crippen LogP) is 4.07. The largest absolute Gasteiger partial charge is 0.339 e. The van der Waals surface area contributed by atoms with E-state index in [4.69, 9.17) is 0 Å². The summed E-state index contributed by atoms with van der Waals surface area (Å²) in [5.41, 5.74) is 2.11. The summed E-state index contributed by atoms with van der Waals surface area (Å²) in [4.78, 5) is 23.2. The number of carbonyl (C=O) groups is 2. The number of nitrogens with zero attached hydrogens (tertiary/aromatic N) is 2. The first-order valence-corrected chi connectivity index (χ1v) is 7.95. The average molecular weight is 347 g/mol. The van der Waals surface area contributed by atoms with Crippen LogP contribution in [0.15, 0.2) is 66.7 Å². The number of hydrogen-bond acceptors (Lipinski definition) is 5. The van der Waals surface area contributed by atoms with E-state index in [0.717, 1.165) is 5.69 Å². The second-order valence-electron chi connectivity index (χ2n) is 5.51. The minimum Gasteiger partial charge on any atom is -0.339 e.